The van der Waals surface area contributed by atoms with Crippen LogP contribution in [0.1, 0.15) is 96.2 Å². The number of hydrogen-bond acceptors (Lipinski definition) is 12. The van der Waals surface area contributed by atoms with Gasteiger partial charge in [0.2, 0.25) is 41.1 Å². The summed E-state index contributed by atoms with van der Waals surface area (Å²) in [5.41, 5.74) is -1.01. The first-order valence-corrected chi connectivity index (χ1v) is 20.6. The third-order valence-corrected chi connectivity index (χ3v) is 10.8. The zero-order chi connectivity index (χ0) is 46.4. The number of carbonyl (C=O) groups is 7. The van der Waals surface area contributed by atoms with Gasteiger partial charge in [0.25, 0.3) is 0 Å². The number of fused-ring (bicyclic) bond motifs is 5. The summed E-state index contributed by atoms with van der Waals surface area (Å²) in [4.78, 5) is 93.9. The van der Waals surface area contributed by atoms with Gasteiger partial charge in [0.1, 0.15) is 36.0 Å². The second-order valence-corrected chi connectivity index (χ2v) is 16.1. The summed E-state index contributed by atoms with van der Waals surface area (Å²) >= 11 is 0. The van der Waals surface area contributed by atoms with Gasteiger partial charge in [-0.2, -0.15) is 5.23 Å². The molecular weight excluding hydrogens is 810 g/mol. The van der Waals surface area contributed by atoms with E-state index in [0.29, 0.717) is 12.3 Å². The molecule has 0 saturated carbocycles. The Kier molecular flexibility index (Phi) is 19.1. The fourth-order valence-corrected chi connectivity index (χ4v) is 6.99. The molecule has 1 heterocycles. The summed E-state index contributed by atoms with van der Waals surface area (Å²) in [6.45, 7) is 5.54. The van der Waals surface area contributed by atoms with E-state index in [9.17, 15) is 64.4 Å². The number of likely N-dealkylation sites (N-methyl/N-ethyl adjacent to an activating group) is 2. The summed E-state index contributed by atoms with van der Waals surface area (Å²) in [5.74, 6) is -6.82. The van der Waals surface area contributed by atoms with Crippen LogP contribution in [-0.4, -0.2) is 128 Å². The van der Waals surface area contributed by atoms with Gasteiger partial charge in [0, 0.05) is 44.1 Å². The fraction of sp³-hybridized carbons (Fsp3) is 0.548. The van der Waals surface area contributed by atoms with Crippen LogP contribution in [0.5, 0.6) is 11.5 Å². The Labute approximate surface area is 360 Å². The van der Waals surface area contributed by atoms with E-state index in [1.54, 1.807) is 0 Å². The number of carboxylic acid groups (broad SMARTS) is 1. The number of amides is 6. The number of aliphatic hydroxyl groups excluding tert-OH is 1. The summed E-state index contributed by atoms with van der Waals surface area (Å²) in [6.07, 6.45) is 6.76. The lowest BCUT2D eigenvalue weighted by molar-refractivity contribution is -0.991. The van der Waals surface area contributed by atoms with Gasteiger partial charge in [-0.3, -0.25) is 28.8 Å². The Morgan fingerprint density at radius 2 is 1.53 bits per heavy atom. The third kappa shape index (κ3) is 13.8. The van der Waals surface area contributed by atoms with Crippen molar-refractivity contribution in [3.05, 3.63) is 46.7 Å². The van der Waals surface area contributed by atoms with E-state index in [4.69, 9.17) is 0 Å². The lowest BCUT2D eigenvalue weighted by atomic mass is 9.93. The van der Waals surface area contributed by atoms with Crippen molar-refractivity contribution in [3.8, 4) is 22.6 Å². The number of nitrogens with zero attached hydrogens (tertiary/aromatic N) is 2. The molecule has 6 amide bonds. The molecule has 0 radical (unpaired) electrons. The smallest absolute Gasteiger partial charge is 0.326 e. The minimum Gasteiger partial charge on any atom is -0.595 e. The van der Waals surface area contributed by atoms with Crippen LogP contribution in [0.3, 0.4) is 0 Å². The van der Waals surface area contributed by atoms with Crippen molar-refractivity contribution in [2.45, 2.75) is 116 Å². The largest absolute Gasteiger partial charge is 0.595 e. The van der Waals surface area contributed by atoms with Crippen molar-refractivity contribution in [2.75, 3.05) is 27.2 Å². The molecule has 0 fully saturated rings. The van der Waals surface area contributed by atoms with Gasteiger partial charge in [0.05, 0.1) is 13.2 Å². The second-order valence-electron chi connectivity index (χ2n) is 16.1. The van der Waals surface area contributed by atoms with Gasteiger partial charge >= 0.3 is 5.97 Å². The molecule has 1 aliphatic heterocycles. The first-order chi connectivity index (χ1) is 29.2. The quantitative estimate of drug-likeness (QED) is 0.0524. The molecule has 2 aromatic carbocycles. The van der Waals surface area contributed by atoms with E-state index in [1.807, 2.05) is 0 Å². The van der Waals surface area contributed by atoms with Crippen molar-refractivity contribution in [3.63, 3.8) is 0 Å². The van der Waals surface area contributed by atoms with Gasteiger partial charge in [-0.15, -0.1) is 0 Å². The maximum atomic E-state index is 13.9. The monoisotopic (exact) mass is 871 g/mol. The fourth-order valence-electron chi connectivity index (χ4n) is 6.99. The number of aliphatic hydroxyl groups is 1. The highest BCUT2D eigenvalue weighted by molar-refractivity contribution is 5.96. The standard InChI is InChI=1S/C42H61N7O13/c1-23(2)13-11-9-7-8-10-12-14-34(52)47(5)32(22-50)40(57)44-24(3)38(55)43-21-35(53)48(6)36-27-15-16-33(51)28(20-27)29-17-26(19-31(37(29)54)49(61)62)18-30(42(59)60)46-39(56)25(4)45-41(36)58/h15-17,19-20,23-25,30,32,36,49-51,54,61H,7-14,18,21-22H2,1-6H3,(H,43,55)(H,44,57)(H,45,58)(H,46,56)(H,59,60)/t24-,25+,30+,32-,36-/m1/s1. The number of carbonyl (C=O) groups excluding carboxylic acids is 6. The molecule has 6 atom stereocenters. The van der Waals surface area contributed by atoms with E-state index in [1.165, 1.54) is 59.0 Å². The molecule has 10 N–H and O–H groups in total. The topological polar surface area (TPSA) is 303 Å². The van der Waals surface area contributed by atoms with Gasteiger partial charge in [0.15, 0.2) is 5.75 Å². The van der Waals surface area contributed by atoms with Crippen LogP contribution in [0.25, 0.3) is 11.1 Å². The van der Waals surface area contributed by atoms with Crippen molar-refractivity contribution < 1.29 is 64.4 Å². The summed E-state index contributed by atoms with van der Waals surface area (Å²) in [6, 6.07) is -1.24. The normalized spacial score (nSPS) is 18.0. The Morgan fingerprint density at radius 3 is 2.15 bits per heavy atom. The molecule has 2 aromatic rings. The molecule has 0 spiro atoms. The number of aromatic hydroxyl groups is 2. The van der Waals surface area contributed by atoms with Crippen LogP contribution in [0.4, 0.5) is 5.69 Å². The summed E-state index contributed by atoms with van der Waals surface area (Å²) in [5, 5.41) is 71.7. The minimum atomic E-state index is -1.62. The number of quaternary nitrogens is 1. The molecule has 20 nitrogen and oxygen atoms in total. The van der Waals surface area contributed by atoms with Gasteiger partial charge < -0.3 is 56.7 Å². The Bertz CT molecular complexity index is 1940. The highest BCUT2D eigenvalue weighted by Gasteiger charge is 2.34. The number of rotatable bonds is 19. The number of benzene rings is 2. The Morgan fingerprint density at radius 1 is 0.887 bits per heavy atom. The van der Waals surface area contributed by atoms with Crippen LogP contribution in [0, 0.1) is 11.1 Å². The molecule has 1 unspecified atom stereocenters. The second kappa shape index (κ2) is 23.4. The number of hydrogen-bond donors (Lipinski definition) is 10. The van der Waals surface area contributed by atoms with E-state index >= 15 is 0 Å². The summed E-state index contributed by atoms with van der Waals surface area (Å²) < 4.78 is 0. The molecule has 3 rings (SSSR count). The van der Waals surface area contributed by atoms with Crippen molar-refractivity contribution in [1.82, 2.24) is 31.1 Å². The van der Waals surface area contributed by atoms with Crippen LogP contribution in [0.15, 0.2) is 30.3 Å². The SMILES string of the molecule is CC(C)CCCCCCCCC(=O)N(C)[C@H](CO)C(=O)N[C@H](C)C(=O)NCC(=O)N(C)[C@H]1C(=O)N[C@@H](C)C(=O)N[C@H](C(=O)O)Cc2cc(c(O)c([NH+]([O-])O)c2)-c2cc1ccc2O. The third-order valence-electron chi connectivity index (χ3n) is 10.8. The highest BCUT2D eigenvalue weighted by Crippen LogP contribution is 2.41. The molecule has 342 valence electrons. The first-order valence-electron chi connectivity index (χ1n) is 20.6. The molecule has 0 aromatic heterocycles. The number of carboxylic acids is 1. The summed E-state index contributed by atoms with van der Waals surface area (Å²) in [7, 11) is 2.59. The molecular formula is C42H61N7O13. The highest BCUT2D eigenvalue weighted by atomic mass is 16.8. The van der Waals surface area contributed by atoms with Crippen LogP contribution < -0.4 is 26.5 Å². The lowest BCUT2D eigenvalue weighted by Crippen LogP contribution is -2.99. The van der Waals surface area contributed by atoms with Crippen molar-refractivity contribution >= 4 is 47.1 Å². The molecule has 0 aliphatic carbocycles. The molecule has 0 saturated heterocycles. The number of phenols is 2. The van der Waals surface area contributed by atoms with Gasteiger partial charge in [-0.05, 0) is 55.5 Å². The number of aliphatic carboxylic acids is 1. The maximum Gasteiger partial charge on any atom is 0.326 e. The van der Waals surface area contributed by atoms with Gasteiger partial charge in [-0.1, -0.05) is 58.4 Å². The van der Waals surface area contributed by atoms with E-state index in [-0.39, 0.29) is 34.6 Å². The zero-order valence-electron chi connectivity index (χ0n) is 36.0. The van der Waals surface area contributed by atoms with Crippen LogP contribution in [0.2, 0.25) is 0 Å². The number of phenolic OH excluding ortho intramolecular Hbond substituents is 2. The predicted molar refractivity (Wildman–Crippen MR) is 223 cm³/mol. The number of unbranched alkanes of at least 4 members (excludes halogenated alkanes) is 5. The van der Waals surface area contributed by atoms with Gasteiger partial charge in [-0.25, -0.2) is 10.0 Å². The average Bonchev–Trinajstić information content (AvgIpc) is 3.20. The maximum absolute atomic E-state index is 13.9. The molecule has 1 aliphatic rings. The van der Waals surface area contributed by atoms with Crippen LogP contribution in [-0.2, 0) is 40.0 Å². The molecule has 62 heavy (non-hydrogen) atoms. The predicted octanol–water partition coefficient (Wildman–Crippen LogP) is 0.515. The lowest BCUT2D eigenvalue weighted by Gasteiger charge is -2.30. The van der Waals surface area contributed by atoms with Crippen molar-refractivity contribution in [2.24, 2.45) is 5.92 Å². The minimum absolute atomic E-state index is 0.0127. The van der Waals surface area contributed by atoms with Crippen molar-refractivity contribution in [1.29, 1.82) is 0 Å². The molecule has 4 bridgehead atoms. The first kappa shape index (κ1) is 50.5. The Balaban J connectivity index is 1.77. The van der Waals surface area contributed by atoms with E-state index in [2.05, 4.69) is 35.1 Å². The zero-order valence-corrected chi connectivity index (χ0v) is 36.0. The Hall–Kier alpha value is -5.83. The average molecular weight is 872 g/mol. The van der Waals surface area contributed by atoms with E-state index < -0.39 is 108 Å². The van der Waals surface area contributed by atoms with Crippen LogP contribution >= 0.6 is 0 Å². The molecule has 20 heteroatoms. The number of nitrogens with one attached hydrogen (secondary N) is 5. The van der Waals surface area contributed by atoms with E-state index in [0.717, 1.165) is 47.6 Å².